The lowest BCUT2D eigenvalue weighted by molar-refractivity contribution is 0.249. The Balaban J connectivity index is 1.57. The molecule has 2 heterocycles. The van der Waals surface area contributed by atoms with Crippen LogP contribution in [0.25, 0.3) is 0 Å². The monoisotopic (exact) mass is 272 g/mol. The fraction of sp³-hybridized carbons (Fsp3) is 0.333. The van der Waals surface area contributed by atoms with Gasteiger partial charge in [-0.2, -0.15) is 4.39 Å². The molecule has 0 aliphatic carbocycles. The van der Waals surface area contributed by atoms with Crippen molar-refractivity contribution < 1.29 is 4.39 Å². The Labute approximate surface area is 117 Å². The van der Waals surface area contributed by atoms with Crippen LogP contribution >= 0.6 is 0 Å². The summed E-state index contributed by atoms with van der Waals surface area (Å²) in [5.41, 5.74) is 1.33. The first-order valence-corrected chi connectivity index (χ1v) is 6.80. The molecule has 0 radical (unpaired) electrons. The van der Waals surface area contributed by atoms with Crippen LogP contribution < -0.4 is 4.90 Å². The van der Waals surface area contributed by atoms with Gasteiger partial charge in [-0.15, -0.1) is 0 Å². The minimum absolute atomic E-state index is 0.471. The van der Waals surface area contributed by atoms with Gasteiger partial charge in [-0.1, -0.05) is 30.3 Å². The van der Waals surface area contributed by atoms with Crippen molar-refractivity contribution in [2.45, 2.75) is 6.54 Å². The highest BCUT2D eigenvalue weighted by atomic mass is 19.1. The summed E-state index contributed by atoms with van der Waals surface area (Å²) in [5.74, 6) is 0.207. The van der Waals surface area contributed by atoms with E-state index in [-0.39, 0.29) is 0 Å². The molecule has 1 aromatic heterocycles. The molecule has 1 aromatic carbocycles. The van der Waals surface area contributed by atoms with Crippen LogP contribution in [0.5, 0.6) is 0 Å². The van der Waals surface area contributed by atoms with E-state index in [2.05, 4.69) is 44.0 Å². The van der Waals surface area contributed by atoms with Crippen molar-refractivity contribution in [1.29, 1.82) is 0 Å². The van der Waals surface area contributed by atoms with Gasteiger partial charge in [-0.3, -0.25) is 4.90 Å². The highest BCUT2D eigenvalue weighted by molar-refractivity contribution is 5.37. The van der Waals surface area contributed by atoms with E-state index < -0.39 is 5.95 Å². The predicted molar refractivity (Wildman–Crippen MR) is 75.9 cm³/mol. The zero-order valence-electron chi connectivity index (χ0n) is 11.2. The lowest BCUT2D eigenvalue weighted by Crippen LogP contribution is -2.46. The van der Waals surface area contributed by atoms with Crippen LogP contribution in [0.3, 0.4) is 0 Å². The second-order valence-corrected chi connectivity index (χ2v) is 4.95. The predicted octanol–water partition coefficient (Wildman–Crippen LogP) is 1.94. The quantitative estimate of drug-likeness (QED) is 0.799. The number of hydrogen-bond donors (Lipinski definition) is 0. The van der Waals surface area contributed by atoms with Crippen molar-refractivity contribution in [3.8, 4) is 0 Å². The third kappa shape index (κ3) is 3.11. The number of piperazine rings is 1. The summed E-state index contributed by atoms with van der Waals surface area (Å²) in [6.45, 7) is 4.61. The van der Waals surface area contributed by atoms with Gasteiger partial charge in [0, 0.05) is 38.8 Å². The summed E-state index contributed by atoms with van der Waals surface area (Å²) in [6, 6.07) is 11.8. The van der Waals surface area contributed by atoms with Crippen molar-refractivity contribution in [3.05, 3.63) is 54.2 Å². The number of anilines is 1. The third-order valence-corrected chi connectivity index (χ3v) is 3.56. The molecule has 20 heavy (non-hydrogen) atoms. The number of halogens is 1. The van der Waals surface area contributed by atoms with E-state index in [1.165, 1.54) is 18.0 Å². The standard InChI is InChI=1S/C15H17FN4/c16-14-10-15(18-12-17-14)20-8-6-19(7-9-20)11-13-4-2-1-3-5-13/h1-5,10,12H,6-9,11H2. The van der Waals surface area contributed by atoms with Gasteiger partial charge in [0.15, 0.2) is 0 Å². The zero-order valence-corrected chi connectivity index (χ0v) is 11.2. The maximum absolute atomic E-state index is 13.1. The molecule has 4 nitrogen and oxygen atoms in total. The Hall–Kier alpha value is -2.01. The molecule has 0 bridgehead atoms. The molecule has 5 heteroatoms. The van der Waals surface area contributed by atoms with Crippen LogP contribution in [0.15, 0.2) is 42.7 Å². The van der Waals surface area contributed by atoms with Crippen molar-refractivity contribution in [1.82, 2.24) is 14.9 Å². The van der Waals surface area contributed by atoms with Gasteiger partial charge >= 0.3 is 0 Å². The average Bonchev–Trinajstić information content (AvgIpc) is 2.49. The average molecular weight is 272 g/mol. The molecule has 1 saturated heterocycles. The van der Waals surface area contributed by atoms with Crippen molar-refractivity contribution in [2.75, 3.05) is 31.1 Å². The molecular weight excluding hydrogens is 255 g/mol. The van der Waals surface area contributed by atoms with Crippen LogP contribution in [-0.2, 0) is 6.54 Å². The van der Waals surface area contributed by atoms with E-state index in [0.717, 1.165) is 32.7 Å². The van der Waals surface area contributed by atoms with E-state index in [1.54, 1.807) is 0 Å². The first-order chi connectivity index (χ1) is 9.81. The van der Waals surface area contributed by atoms with E-state index in [1.807, 2.05) is 6.07 Å². The van der Waals surface area contributed by atoms with Gasteiger partial charge in [-0.25, -0.2) is 9.97 Å². The fourth-order valence-electron chi connectivity index (χ4n) is 2.47. The van der Waals surface area contributed by atoms with E-state index in [0.29, 0.717) is 5.82 Å². The van der Waals surface area contributed by atoms with Crippen LogP contribution in [-0.4, -0.2) is 41.0 Å². The van der Waals surface area contributed by atoms with Crippen LogP contribution in [0.2, 0.25) is 0 Å². The number of aromatic nitrogens is 2. The Bertz CT molecular complexity index is 553. The summed E-state index contributed by atoms with van der Waals surface area (Å²) in [5, 5.41) is 0. The molecular formula is C15H17FN4. The molecule has 1 aliphatic rings. The molecule has 0 N–H and O–H groups in total. The molecule has 3 rings (SSSR count). The largest absolute Gasteiger partial charge is 0.354 e. The number of rotatable bonds is 3. The normalized spacial score (nSPS) is 16.4. The minimum atomic E-state index is -0.471. The first kappa shape index (κ1) is 13.0. The zero-order chi connectivity index (χ0) is 13.8. The summed E-state index contributed by atoms with van der Waals surface area (Å²) in [4.78, 5) is 12.1. The van der Waals surface area contributed by atoms with Gasteiger partial charge in [0.25, 0.3) is 0 Å². The second kappa shape index (κ2) is 5.96. The van der Waals surface area contributed by atoms with Gasteiger partial charge in [-0.05, 0) is 5.56 Å². The Kier molecular flexibility index (Phi) is 3.87. The van der Waals surface area contributed by atoms with E-state index in [4.69, 9.17) is 0 Å². The SMILES string of the molecule is Fc1cc(N2CCN(Cc3ccccc3)CC2)ncn1. The van der Waals surface area contributed by atoms with Crippen molar-refractivity contribution >= 4 is 5.82 Å². The number of hydrogen-bond acceptors (Lipinski definition) is 4. The molecule has 0 spiro atoms. The molecule has 0 unspecified atom stereocenters. The lowest BCUT2D eigenvalue weighted by atomic mass is 10.2. The summed E-state index contributed by atoms with van der Waals surface area (Å²) < 4.78 is 13.1. The Morgan fingerprint density at radius 2 is 1.75 bits per heavy atom. The van der Waals surface area contributed by atoms with Crippen LogP contribution in [0.1, 0.15) is 5.56 Å². The maximum atomic E-state index is 13.1. The van der Waals surface area contributed by atoms with Crippen molar-refractivity contribution in [2.24, 2.45) is 0 Å². The highest BCUT2D eigenvalue weighted by Crippen LogP contribution is 2.14. The Morgan fingerprint density at radius 3 is 2.45 bits per heavy atom. The third-order valence-electron chi connectivity index (χ3n) is 3.56. The maximum Gasteiger partial charge on any atom is 0.218 e. The van der Waals surface area contributed by atoms with Gasteiger partial charge < -0.3 is 4.90 Å². The van der Waals surface area contributed by atoms with Crippen LogP contribution in [0, 0.1) is 5.95 Å². The molecule has 2 aromatic rings. The smallest absolute Gasteiger partial charge is 0.218 e. The molecule has 0 amide bonds. The lowest BCUT2D eigenvalue weighted by Gasteiger charge is -2.35. The van der Waals surface area contributed by atoms with E-state index in [9.17, 15) is 4.39 Å². The molecule has 104 valence electrons. The first-order valence-electron chi connectivity index (χ1n) is 6.80. The molecule has 0 atom stereocenters. The summed E-state index contributed by atoms with van der Waals surface area (Å²) >= 11 is 0. The molecule has 1 fully saturated rings. The number of benzene rings is 1. The molecule has 0 saturated carbocycles. The highest BCUT2D eigenvalue weighted by Gasteiger charge is 2.18. The fourth-order valence-corrected chi connectivity index (χ4v) is 2.47. The second-order valence-electron chi connectivity index (χ2n) is 4.95. The van der Waals surface area contributed by atoms with Crippen LogP contribution in [0.4, 0.5) is 10.2 Å². The van der Waals surface area contributed by atoms with Gasteiger partial charge in [0.1, 0.15) is 12.1 Å². The summed E-state index contributed by atoms with van der Waals surface area (Å²) in [6.07, 6.45) is 1.28. The van der Waals surface area contributed by atoms with Gasteiger partial charge in [0.2, 0.25) is 5.95 Å². The Morgan fingerprint density at radius 1 is 1.00 bits per heavy atom. The van der Waals surface area contributed by atoms with E-state index >= 15 is 0 Å². The summed E-state index contributed by atoms with van der Waals surface area (Å²) in [7, 11) is 0. The minimum Gasteiger partial charge on any atom is -0.354 e. The topological polar surface area (TPSA) is 32.3 Å². The number of nitrogens with zero attached hydrogens (tertiary/aromatic N) is 4. The molecule has 1 aliphatic heterocycles. The van der Waals surface area contributed by atoms with Gasteiger partial charge in [0.05, 0.1) is 0 Å². The van der Waals surface area contributed by atoms with Crippen molar-refractivity contribution in [3.63, 3.8) is 0 Å².